The fourth-order valence-corrected chi connectivity index (χ4v) is 4.70. The zero-order valence-electron chi connectivity index (χ0n) is 19.4. The van der Waals surface area contributed by atoms with E-state index in [0.717, 1.165) is 13.1 Å². The fraction of sp³-hybridized carbons (Fsp3) is 0.273. The zero-order chi connectivity index (χ0) is 26.2. The standard InChI is InChI=1S/C22H27N5O7S2/c1-23-15-24-22(25-16-27-10-12-34-13-11-27)26-19-9-8-18(21(14-19)36(31,32)33)7-6-17-4-2-3-5-20(17)35(28,29)30/h2-9,14-15H,10-13,16H2,1H3,(H,28,29,30)(H,31,32,33)(H2,23,24,25,26)/b7-6+. The summed E-state index contributed by atoms with van der Waals surface area (Å²) in [6, 6.07) is 9.90. The van der Waals surface area contributed by atoms with Crippen LogP contribution in [0, 0.1) is 0 Å². The highest BCUT2D eigenvalue weighted by Crippen LogP contribution is 2.24. The molecule has 194 valence electrons. The summed E-state index contributed by atoms with van der Waals surface area (Å²) < 4.78 is 72.0. The molecule has 0 atom stereocenters. The molecule has 1 saturated heterocycles. The van der Waals surface area contributed by atoms with Crippen LogP contribution in [0.15, 0.2) is 62.2 Å². The Balaban J connectivity index is 1.90. The maximum atomic E-state index is 12.1. The van der Waals surface area contributed by atoms with Gasteiger partial charge in [0.2, 0.25) is 5.96 Å². The number of rotatable bonds is 8. The Morgan fingerprint density at radius 1 is 1.00 bits per heavy atom. The fourth-order valence-electron chi connectivity index (χ4n) is 3.30. The zero-order valence-corrected chi connectivity index (χ0v) is 21.0. The van der Waals surface area contributed by atoms with Crippen molar-refractivity contribution in [1.29, 1.82) is 0 Å². The average Bonchev–Trinajstić information content (AvgIpc) is 2.84. The maximum Gasteiger partial charge on any atom is 0.295 e. The third-order valence-corrected chi connectivity index (χ3v) is 6.89. The van der Waals surface area contributed by atoms with Crippen LogP contribution >= 0.6 is 0 Å². The first kappa shape index (κ1) is 27.4. The summed E-state index contributed by atoms with van der Waals surface area (Å²) in [6.07, 6.45) is 4.07. The van der Waals surface area contributed by atoms with Gasteiger partial charge < -0.3 is 15.4 Å². The Morgan fingerprint density at radius 2 is 1.64 bits per heavy atom. The Kier molecular flexibility index (Phi) is 9.31. The van der Waals surface area contributed by atoms with E-state index in [9.17, 15) is 25.9 Å². The second-order valence-corrected chi connectivity index (χ2v) is 10.4. The molecule has 1 heterocycles. The quantitative estimate of drug-likeness (QED) is 0.168. The van der Waals surface area contributed by atoms with Gasteiger partial charge in [0.15, 0.2) is 0 Å². The largest absolute Gasteiger partial charge is 0.379 e. The predicted molar refractivity (Wildman–Crippen MR) is 137 cm³/mol. The molecule has 0 bridgehead atoms. The van der Waals surface area contributed by atoms with Crippen LogP contribution < -0.4 is 10.6 Å². The molecule has 36 heavy (non-hydrogen) atoms. The minimum Gasteiger partial charge on any atom is -0.379 e. The van der Waals surface area contributed by atoms with Gasteiger partial charge in [-0.25, -0.2) is 4.99 Å². The molecular weight excluding hydrogens is 510 g/mol. The molecule has 0 radical (unpaired) electrons. The van der Waals surface area contributed by atoms with E-state index in [2.05, 4.69) is 25.5 Å². The van der Waals surface area contributed by atoms with E-state index in [0.29, 0.717) is 31.5 Å². The van der Waals surface area contributed by atoms with Gasteiger partial charge in [-0.15, -0.1) is 0 Å². The number of benzene rings is 2. The molecule has 0 unspecified atom stereocenters. The van der Waals surface area contributed by atoms with Crippen molar-refractivity contribution in [2.45, 2.75) is 9.79 Å². The molecule has 0 spiro atoms. The van der Waals surface area contributed by atoms with Gasteiger partial charge in [-0.1, -0.05) is 36.4 Å². The van der Waals surface area contributed by atoms with Crippen molar-refractivity contribution in [3.63, 3.8) is 0 Å². The van der Waals surface area contributed by atoms with Gasteiger partial charge in [0.05, 0.1) is 26.2 Å². The van der Waals surface area contributed by atoms with Gasteiger partial charge in [-0.05, 0) is 29.3 Å². The lowest BCUT2D eigenvalue weighted by atomic mass is 10.1. The number of aliphatic imine (C=N–C) groups is 2. The van der Waals surface area contributed by atoms with Crippen LogP contribution in [0.25, 0.3) is 12.2 Å². The molecule has 14 heteroatoms. The van der Waals surface area contributed by atoms with Crippen molar-refractivity contribution in [2.24, 2.45) is 9.98 Å². The molecule has 1 aliphatic heterocycles. The second-order valence-electron chi connectivity index (χ2n) is 7.61. The Labute approximate surface area is 209 Å². The normalized spacial score (nSPS) is 16.0. The number of ether oxygens (including phenoxy) is 1. The van der Waals surface area contributed by atoms with Gasteiger partial charge >= 0.3 is 0 Å². The highest BCUT2D eigenvalue weighted by atomic mass is 32.2. The molecule has 12 nitrogen and oxygen atoms in total. The van der Waals surface area contributed by atoms with E-state index < -0.39 is 25.1 Å². The van der Waals surface area contributed by atoms with Gasteiger partial charge in [-0.3, -0.25) is 19.0 Å². The number of guanidine groups is 1. The topological polar surface area (TPSA) is 170 Å². The van der Waals surface area contributed by atoms with Crippen molar-refractivity contribution in [1.82, 2.24) is 10.2 Å². The summed E-state index contributed by atoms with van der Waals surface area (Å²) in [5, 5.41) is 5.85. The monoisotopic (exact) mass is 537 g/mol. The van der Waals surface area contributed by atoms with Crippen LogP contribution in [0.5, 0.6) is 0 Å². The van der Waals surface area contributed by atoms with Crippen LogP contribution in [0.4, 0.5) is 5.69 Å². The summed E-state index contributed by atoms with van der Waals surface area (Å²) >= 11 is 0. The SMILES string of the molecule is CN=CN/C(=N\CN1CCOCC1)Nc1ccc(/C=C/c2ccccc2S(=O)(=O)O)c(S(=O)(=O)O)c1. The Morgan fingerprint density at radius 3 is 2.28 bits per heavy atom. The van der Waals surface area contributed by atoms with Crippen molar-refractivity contribution in [2.75, 3.05) is 45.3 Å². The smallest absolute Gasteiger partial charge is 0.295 e. The van der Waals surface area contributed by atoms with E-state index in [1.165, 1.54) is 48.8 Å². The molecule has 3 rings (SSSR count). The average molecular weight is 538 g/mol. The van der Waals surface area contributed by atoms with Crippen molar-refractivity contribution in [3.8, 4) is 0 Å². The first-order valence-electron chi connectivity index (χ1n) is 10.7. The van der Waals surface area contributed by atoms with Crippen LogP contribution in [-0.2, 0) is 25.0 Å². The van der Waals surface area contributed by atoms with E-state index in [1.807, 2.05) is 0 Å². The summed E-state index contributed by atoms with van der Waals surface area (Å²) in [6.45, 7) is 3.06. The molecule has 0 aliphatic carbocycles. The van der Waals surface area contributed by atoms with E-state index in [-0.39, 0.29) is 16.0 Å². The first-order chi connectivity index (χ1) is 17.1. The lowest BCUT2D eigenvalue weighted by Gasteiger charge is -2.25. The third kappa shape index (κ3) is 7.94. The molecule has 1 aliphatic rings. The van der Waals surface area contributed by atoms with Crippen LogP contribution in [0.2, 0.25) is 0 Å². The van der Waals surface area contributed by atoms with Gasteiger partial charge in [0.25, 0.3) is 20.2 Å². The maximum absolute atomic E-state index is 12.1. The Bertz CT molecular complexity index is 1370. The number of nitrogens with one attached hydrogen (secondary N) is 2. The van der Waals surface area contributed by atoms with Crippen LogP contribution in [0.1, 0.15) is 11.1 Å². The number of morpholine rings is 1. The molecule has 2 aromatic rings. The molecule has 0 saturated carbocycles. The minimum absolute atomic E-state index is 0.100. The molecule has 2 aromatic carbocycles. The van der Waals surface area contributed by atoms with Crippen LogP contribution in [-0.4, -0.2) is 83.2 Å². The van der Waals surface area contributed by atoms with E-state index >= 15 is 0 Å². The molecule has 0 amide bonds. The summed E-state index contributed by atoms with van der Waals surface area (Å²) in [7, 11) is -7.56. The molecule has 1 fully saturated rings. The number of hydrogen-bond donors (Lipinski definition) is 4. The lowest BCUT2D eigenvalue weighted by molar-refractivity contribution is 0.0394. The molecule has 4 N–H and O–H groups in total. The number of anilines is 1. The second kappa shape index (κ2) is 12.2. The number of hydrogen-bond acceptors (Lipinski definition) is 8. The molecule has 0 aromatic heterocycles. The van der Waals surface area contributed by atoms with E-state index in [4.69, 9.17) is 4.74 Å². The highest BCUT2D eigenvalue weighted by Gasteiger charge is 2.17. The van der Waals surface area contributed by atoms with Gasteiger partial charge in [0, 0.05) is 25.8 Å². The van der Waals surface area contributed by atoms with E-state index in [1.54, 1.807) is 19.2 Å². The predicted octanol–water partition coefficient (Wildman–Crippen LogP) is 1.66. The summed E-state index contributed by atoms with van der Waals surface area (Å²) in [5.41, 5.74) is 0.558. The summed E-state index contributed by atoms with van der Waals surface area (Å²) in [5.74, 6) is 0.304. The number of nitrogens with zero attached hydrogens (tertiary/aromatic N) is 3. The van der Waals surface area contributed by atoms with Gasteiger partial charge in [-0.2, -0.15) is 16.8 Å². The van der Waals surface area contributed by atoms with Crippen molar-refractivity contribution < 1.29 is 30.7 Å². The first-order valence-corrected chi connectivity index (χ1v) is 13.6. The minimum atomic E-state index is -4.65. The molecular formula is C22H27N5O7S2. The van der Waals surface area contributed by atoms with Crippen molar-refractivity contribution in [3.05, 3.63) is 53.6 Å². The van der Waals surface area contributed by atoms with Crippen molar-refractivity contribution >= 4 is 50.4 Å². The Hall–Kier alpha value is -3.14. The summed E-state index contributed by atoms with van der Waals surface area (Å²) in [4.78, 5) is 9.67. The van der Waals surface area contributed by atoms with Gasteiger partial charge in [0.1, 0.15) is 9.79 Å². The third-order valence-electron chi connectivity index (χ3n) is 5.06. The lowest BCUT2D eigenvalue weighted by Crippen LogP contribution is -2.38. The highest BCUT2D eigenvalue weighted by molar-refractivity contribution is 7.86. The van der Waals surface area contributed by atoms with Crippen LogP contribution in [0.3, 0.4) is 0 Å².